The van der Waals surface area contributed by atoms with Crippen molar-refractivity contribution in [1.82, 2.24) is 10.2 Å². The average Bonchev–Trinajstić information content (AvgIpc) is 2.46. The first-order valence-corrected chi connectivity index (χ1v) is 7.22. The molecule has 2 amide bonds. The summed E-state index contributed by atoms with van der Waals surface area (Å²) < 4.78 is 0. The molecule has 1 unspecified atom stereocenters. The summed E-state index contributed by atoms with van der Waals surface area (Å²) in [6.07, 6.45) is 1.34. The van der Waals surface area contributed by atoms with Gasteiger partial charge in [-0.2, -0.15) is 0 Å². The maximum Gasteiger partial charge on any atom is 0.317 e. The molecule has 0 aliphatic carbocycles. The number of urea groups is 1. The zero-order valence-corrected chi connectivity index (χ0v) is 12.6. The molecule has 0 aromatic heterocycles. The first-order chi connectivity index (χ1) is 9.90. The van der Waals surface area contributed by atoms with E-state index in [1.54, 1.807) is 11.8 Å². The molecule has 2 rings (SSSR count). The van der Waals surface area contributed by atoms with Gasteiger partial charge in [-0.15, -0.1) is 0 Å². The number of amides is 2. The number of rotatable bonds is 3. The minimum atomic E-state index is -0.835. The van der Waals surface area contributed by atoms with Crippen molar-refractivity contribution in [3.05, 3.63) is 35.4 Å². The molecule has 0 radical (unpaired) electrons. The van der Waals surface area contributed by atoms with Crippen LogP contribution in [0.2, 0.25) is 0 Å². The monoisotopic (exact) mass is 290 g/mol. The summed E-state index contributed by atoms with van der Waals surface area (Å²) in [7, 11) is 0. The summed E-state index contributed by atoms with van der Waals surface area (Å²) in [5.41, 5.74) is 1.38. The van der Waals surface area contributed by atoms with E-state index in [4.69, 9.17) is 0 Å². The molecule has 1 heterocycles. The molecule has 5 nitrogen and oxygen atoms in total. The number of benzene rings is 1. The Morgan fingerprint density at radius 2 is 2.00 bits per heavy atom. The van der Waals surface area contributed by atoms with Crippen LogP contribution < -0.4 is 5.32 Å². The Bertz CT molecular complexity index is 527. The van der Waals surface area contributed by atoms with Crippen LogP contribution in [0.5, 0.6) is 0 Å². The maximum atomic E-state index is 12.2. The van der Waals surface area contributed by atoms with Gasteiger partial charge in [-0.3, -0.25) is 4.79 Å². The molecule has 0 bridgehead atoms. The third-order valence-corrected chi connectivity index (χ3v) is 4.06. The summed E-state index contributed by atoms with van der Waals surface area (Å²) in [6, 6.07) is 7.77. The number of nitrogens with zero attached hydrogens (tertiary/aromatic N) is 1. The standard InChI is InChI=1S/C16H22N2O3/c1-12-4-6-13(7-5-12)10-17-15(21)18-9-3-8-16(2,11-18)14(19)20/h4-7H,3,8-11H2,1-2H3,(H,17,21)(H,19,20). The Kier molecular flexibility index (Phi) is 4.50. The number of likely N-dealkylation sites (tertiary alicyclic amines) is 1. The molecule has 1 aromatic rings. The zero-order chi connectivity index (χ0) is 15.5. The minimum absolute atomic E-state index is 0.192. The predicted molar refractivity (Wildman–Crippen MR) is 80.0 cm³/mol. The van der Waals surface area contributed by atoms with E-state index in [-0.39, 0.29) is 12.6 Å². The summed E-state index contributed by atoms with van der Waals surface area (Å²) in [6.45, 7) is 5.06. The second-order valence-electron chi connectivity index (χ2n) is 6.04. The highest BCUT2D eigenvalue weighted by molar-refractivity contribution is 5.78. The Balaban J connectivity index is 1.91. The van der Waals surface area contributed by atoms with E-state index in [0.29, 0.717) is 19.5 Å². The summed E-state index contributed by atoms with van der Waals surface area (Å²) in [5.74, 6) is -0.835. The van der Waals surface area contributed by atoms with E-state index in [1.165, 1.54) is 5.56 Å². The van der Waals surface area contributed by atoms with Gasteiger partial charge in [0.1, 0.15) is 0 Å². The maximum absolute atomic E-state index is 12.2. The predicted octanol–water partition coefficient (Wildman–Crippen LogP) is 2.39. The molecule has 5 heteroatoms. The fourth-order valence-electron chi connectivity index (χ4n) is 2.58. The molecule has 1 aliphatic rings. The largest absolute Gasteiger partial charge is 0.481 e. The number of carbonyl (C=O) groups excluding carboxylic acids is 1. The quantitative estimate of drug-likeness (QED) is 0.898. The number of aryl methyl sites for hydroxylation is 1. The topological polar surface area (TPSA) is 69.6 Å². The van der Waals surface area contributed by atoms with Crippen molar-refractivity contribution in [1.29, 1.82) is 0 Å². The molecule has 2 N–H and O–H groups in total. The molecule has 1 aromatic carbocycles. The summed E-state index contributed by atoms with van der Waals surface area (Å²) >= 11 is 0. The van der Waals surface area contributed by atoms with Gasteiger partial charge in [-0.25, -0.2) is 4.79 Å². The lowest BCUT2D eigenvalue weighted by Crippen LogP contribution is -2.51. The van der Waals surface area contributed by atoms with Gasteiger partial charge in [-0.05, 0) is 32.3 Å². The molecule has 1 aliphatic heterocycles. The number of carboxylic acid groups (broad SMARTS) is 1. The second-order valence-corrected chi connectivity index (χ2v) is 6.04. The van der Waals surface area contributed by atoms with Crippen LogP contribution in [0.15, 0.2) is 24.3 Å². The smallest absolute Gasteiger partial charge is 0.317 e. The highest BCUT2D eigenvalue weighted by atomic mass is 16.4. The number of carbonyl (C=O) groups is 2. The minimum Gasteiger partial charge on any atom is -0.481 e. The van der Waals surface area contributed by atoms with E-state index in [9.17, 15) is 14.7 Å². The number of hydrogen-bond donors (Lipinski definition) is 2. The fourth-order valence-corrected chi connectivity index (χ4v) is 2.58. The first kappa shape index (κ1) is 15.4. The fraction of sp³-hybridized carbons (Fsp3) is 0.500. The van der Waals surface area contributed by atoms with Crippen LogP contribution in [-0.2, 0) is 11.3 Å². The zero-order valence-electron chi connectivity index (χ0n) is 12.6. The molecule has 1 fully saturated rings. The van der Waals surface area contributed by atoms with Gasteiger partial charge >= 0.3 is 12.0 Å². The lowest BCUT2D eigenvalue weighted by Gasteiger charge is -2.37. The van der Waals surface area contributed by atoms with E-state index in [0.717, 1.165) is 12.0 Å². The Morgan fingerprint density at radius 1 is 1.33 bits per heavy atom. The van der Waals surface area contributed by atoms with E-state index >= 15 is 0 Å². The average molecular weight is 290 g/mol. The number of aliphatic carboxylic acids is 1. The Labute approximate surface area is 125 Å². The van der Waals surface area contributed by atoms with Gasteiger partial charge in [0.15, 0.2) is 0 Å². The molecule has 0 spiro atoms. The Morgan fingerprint density at radius 3 is 2.62 bits per heavy atom. The number of hydrogen-bond acceptors (Lipinski definition) is 2. The molecule has 114 valence electrons. The molecule has 21 heavy (non-hydrogen) atoms. The second kappa shape index (κ2) is 6.16. The highest BCUT2D eigenvalue weighted by Crippen LogP contribution is 2.29. The van der Waals surface area contributed by atoms with Crippen LogP contribution in [0.25, 0.3) is 0 Å². The van der Waals surface area contributed by atoms with Crippen LogP contribution in [0, 0.1) is 12.3 Å². The van der Waals surface area contributed by atoms with Gasteiger partial charge in [0.2, 0.25) is 0 Å². The summed E-state index contributed by atoms with van der Waals surface area (Å²) in [5, 5.41) is 12.1. The molecular weight excluding hydrogens is 268 g/mol. The van der Waals surface area contributed by atoms with Crippen molar-refractivity contribution >= 4 is 12.0 Å². The van der Waals surface area contributed by atoms with Crippen molar-refractivity contribution in [2.45, 2.75) is 33.2 Å². The summed E-state index contributed by atoms with van der Waals surface area (Å²) in [4.78, 5) is 25.1. The molecule has 1 atom stereocenters. The molecular formula is C16H22N2O3. The van der Waals surface area contributed by atoms with Gasteiger partial charge in [0.25, 0.3) is 0 Å². The van der Waals surface area contributed by atoms with E-state index < -0.39 is 11.4 Å². The third-order valence-electron chi connectivity index (χ3n) is 4.06. The van der Waals surface area contributed by atoms with Crippen LogP contribution >= 0.6 is 0 Å². The van der Waals surface area contributed by atoms with Crippen molar-refractivity contribution < 1.29 is 14.7 Å². The van der Waals surface area contributed by atoms with Gasteiger partial charge in [0, 0.05) is 19.6 Å². The molecule has 0 saturated carbocycles. The third kappa shape index (κ3) is 3.74. The number of nitrogens with one attached hydrogen (secondary N) is 1. The van der Waals surface area contributed by atoms with Crippen molar-refractivity contribution in [3.8, 4) is 0 Å². The van der Waals surface area contributed by atoms with Gasteiger partial charge in [-0.1, -0.05) is 29.8 Å². The SMILES string of the molecule is Cc1ccc(CNC(=O)N2CCCC(C)(C(=O)O)C2)cc1. The number of carboxylic acids is 1. The lowest BCUT2D eigenvalue weighted by atomic mass is 9.82. The first-order valence-electron chi connectivity index (χ1n) is 7.22. The van der Waals surface area contributed by atoms with Crippen LogP contribution in [0.4, 0.5) is 4.79 Å². The van der Waals surface area contributed by atoms with E-state index in [2.05, 4.69) is 5.32 Å². The van der Waals surface area contributed by atoms with Gasteiger partial charge in [0.05, 0.1) is 5.41 Å². The van der Waals surface area contributed by atoms with Crippen molar-refractivity contribution in [2.75, 3.05) is 13.1 Å². The van der Waals surface area contributed by atoms with Crippen molar-refractivity contribution in [3.63, 3.8) is 0 Å². The van der Waals surface area contributed by atoms with E-state index in [1.807, 2.05) is 31.2 Å². The van der Waals surface area contributed by atoms with Crippen LogP contribution in [-0.4, -0.2) is 35.1 Å². The number of piperidine rings is 1. The normalized spacial score (nSPS) is 21.9. The lowest BCUT2D eigenvalue weighted by molar-refractivity contribution is -0.150. The highest BCUT2D eigenvalue weighted by Gasteiger charge is 2.39. The van der Waals surface area contributed by atoms with Crippen LogP contribution in [0.3, 0.4) is 0 Å². The molecule has 1 saturated heterocycles. The van der Waals surface area contributed by atoms with Crippen LogP contribution in [0.1, 0.15) is 30.9 Å². The Hall–Kier alpha value is -2.04. The van der Waals surface area contributed by atoms with Gasteiger partial charge < -0.3 is 15.3 Å². The van der Waals surface area contributed by atoms with Crippen molar-refractivity contribution in [2.24, 2.45) is 5.41 Å².